The number of rotatable bonds is 3. The van der Waals surface area contributed by atoms with E-state index in [2.05, 4.69) is 0 Å². The van der Waals surface area contributed by atoms with E-state index >= 15 is 0 Å². The molecule has 0 aliphatic carbocycles. The van der Waals surface area contributed by atoms with Crippen LogP contribution in [0.15, 0.2) is 24.3 Å². The number of ether oxygens (including phenoxy) is 2. The summed E-state index contributed by atoms with van der Waals surface area (Å²) in [5.41, 5.74) is 0.847. The minimum absolute atomic E-state index is 0.474. The summed E-state index contributed by atoms with van der Waals surface area (Å²) in [4.78, 5) is 0. The zero-order chi connectivity index (χ0) is 14.0. The Bertz CT molecular complexity index is 421. The van der Waals surface area contributed by atoms with Gasteiger partial charge in [-0.2, -0.15) is 0 Å². The number of aliphatic hydroxyl groups is 4. The molecule has 1 heterocycles. The number of benzene rings is 1. The molecule has 0 bridgehead atoms. The molecule has 0 aromatic heterocycles. The molecule has 106 valence electrons. The largest absolute Gasteiger partial charge is 0.462 e. The zero-order valence-corrected chi connectivity index (χ0v) is 10.5. The molecule has 4 N–H and O–H groups in total. The van der Waals surface area contributed by atoms with Gasteiger partial charge in [0, 0.05) is 0 Å². The van der Waals surface area contributed by atoms with Gasteiger partial charge in [0.05, 0.1) is 6.61 Å². The van der Waals surface area contributed by atoms with Crippen molar-refractivity contribution in [3.63, 3.8) is 0 Å². The highest BCUT2D eigenvalue weighted by Gasteiger charge is 2.44. The van der Waals surface area contributed by atoms with Crippen LogP contribution in [0.4, 0.5) is 0 Å². The van der Waals surface area contributed by atoms with Gasteiger partial charge in [0.25, 0.3) is 0 Å². The van der Waals surface area contributed by atoms with Crippen LogP contribution in [0.1, 0.15) is 5.56 Å². The van der Waals surface area contributed by atoms with Gasteiger partial charge in [-0.15, -0.1) is 0 Å². The van der Waals surface area contributed by atoms with E-state index in [9.17, 15) is 15.3 Å². The summed E-state index contributed by atoms with van der Waals surface area (Å²) in [6.07, 6.45) is -6.31. The average molecular weight is 270 g/mol. The third-order valence-electron chi connectivity index (χ3n) is 3.19. The lowest BCUT2D eigenvalue weighted by Gasteiger charge is -2.39. The lowest BCUT2D eigenvalue weighted by atomic mass is 9.99. The van der Waals surface area contributed by atoms with Crippen molar-refractivity contribution < 1.29 is 29.9 Å². The summed E-state index contributed by atoms with van der Waals surface area (Å²) in [5, 5.41) is 38.2. The Morgan fingerprint density at radius 2 is 1.79 bits per heavy atom. The Morgan fingerprint density at radius 1 is 1.11 bits per heavy atom. The highest BCUT2D eigenvalue weighted by Crippen LogP contribution is 2.25. The van der Waals surface area contributed by atoms with Gasteiger partial charge in [-0.05, 0) is 18.6 Å². The molecule has 0 amide bonds. The predicted molar refractivity (Wildman–Crippen MR) is 65.6 cm³/mol. The first-order valence-electron chi connectivity index (χ1n) is 6.07. The molecule has 2 rings (SSSR count). The SMILES string of the molecule is Cc1ccccc1O[C@H]1O[C@@H](CO)[C@@H](O)[C@@H](O)[C@@H]1O. The van der Waals surface area contributed by atoms with Crippen molar-refractivity contribution in [2.24, 2.45) is 0 Å². The number of aliphatic hydroxyl groups excluding tert-OH is 4. The Labute approximate surface area is 110 Å². The fraction of sp³-hybridized carbons (Fsp3) is 0.538. The molecule has 1 saturated heterocycles. The zero-order valence-electron chi connectivity index (χ0n) is 10.5. The van der Waals surface area contributed by atoms with E-state index in [0.717, 1.165) is 5.56 Å². The van der Waals surface area contributed by atoms with Crippen molar-refractivity contribution in [3.05, 3.63) is 29.8 Å². The highest BCUT2D eigenvalue weighted by molar-refractivity contribution is 5.31. The summed E-state index contributed by atoms with van der Waals surface area (Å²) in [6.45, 7) is 1.36. The maximum absolute atomic E-state index is 9.83. The molecule has 5 atom stereocenters. The number of aryl methyl sites for hydroxylation is 1. The molecular weight excluding hydrogens is 252 g/mol. The van der Waals surface area contributed by atoms with E-state index in [1.165, 1.54) is 0 Å². The van der Waals surface area contributed by atoms with Crippen LogP contribution in [-0.2, 0) is 4.74 Å². The van der Waals surface area contributed by atoms with Crippen molar-refractivity contribution in [1.29, 1.82) is 0 Å². The summed E-state index contributed by atoms with van der Waals surface area (Å²) in [5.74, 6) is 0.506. The van der Waals surface area contributed by atoms with Crippen LogP contribution < -0.4 is 4.74 Å². The third-order valence-corrected chi connectivity index (χ3v) is 3.19. The molecule has 0 unspecified atom stereocenters. The molecule has 0 saturated carbocycles. The van der Waals surface area contributed by atoms with Crippen molar-refractivity contribution in [2.45, 2.75) is 37.6 Å². The monoisotopic (exact) mass is 270 g/mol. The maximum Gasteiger partial charge on any atom is 0.229 e. The van der Waals surface area contributed by atoms with Gasteiger partial charge in [-0.1, -0.05) is 18.2 Å². The number of para-hydroxylation sites is 1. The number of hydrogen-bond donors (Lipinski definition) is 4. The van der Waals surface area contributed by atoms with Crippen LogP contribution in [-0.4, -0.2) is 57.7 Å². The van der Waals surface area contributed by atoms with Crippen LogP contribution >= 0.6 is 0 Å². The Morgan fingerprint density at radius 3 is 2.42 bits per heavy atom. The van der Waals surface area contributed by atoms with Gasteiger partial charge >= 0.3 is 0 Å². The van der Waals surface area contributed by atoms with Crippen LogP contribution in [0.2, 0.25) is 0 Å². The summed E-state index contributed by atoms with van der Waals surface area (Å²) in [7, 11) is 0. The van der Waals surface area contributed by atoms with Crippen LogP contribution in [0.3, 0.4) is 0 Å². The Balaban J connectivity index is 2.13. The second-order valence-electron chi connectivity index (χ2n) is 4.58. The summed E-state index contributed by atoms with van der Waals surface area (Å²) in [6, 6.07) is 7.15. The lowest BCUT2D eigenvalue weighted by molar-refractivity contribution is -0.277. The van der Waals surface area contributed by atoms with E-state index in [0.29, 0.717) is 5.75 Å². The highest BCUT2D eigenvalue weighted by atomic mass is 16.7. The molecule has 0 spiro atoms. The second kappa shape index (κ2) is 5.85. The first-order valence-corrected chi connectivity index (χ1v) is 6.07. The Kier molecular flexibility index (Phi) is 4.38. The van der Waals surface area contributed by atoms with Gasteiger partial charge in [-0.3, -0.25) is 0 Å². The van der Waals surface area contributed by atoms with Crippen molar-refractivity contribution in [2.75, 3.05) is 6.61 Å². The van der Waals surface area contributed by atoms with Gasteiger partial charge in [-0.25, -0.2) is 0 Å². The predicted octanol–water partition coefficient (Wildman–Crippen LogP) is -0.826. The van der Waals surface area contributed by atoms with Crippen molar-refractivity contribution >= 4 is 0 Å². The minimum Gasteiger partial charge on any atom is -0.462 e. The van der Waals surface area contributed by atoms with E-state index in [-0.39, 0.29) is 0 Å². The van der Waals surface area contributed by atoms with Crippen LogP contribution in [0.5, 0.6) is 5.75 Å². The topological polar surface area (TPSA) is 99.4 Å². The molecule has 19 heavy (non-hydrogen) atoms. The van der Waals surface area contributed by atoms with Gasteiger partial charge < -0.3 is 29.9 Å². The van der Waals surface area contributed by atoms with Crippen LogP contribution in [0.25, 0.3) is 0 Å². The summed E-state index contributed by atoms with van der Waals surface area (Å²) < 4.78 is 10.8. The molecular formula is C13H18O6. The summed E-state index contributed by atoms with van der Waals surface area (Å²) >= 11 is 0. The van der Waals surface area contributed by atoms with Crippen molar-refractivity contribution in [3.8, 4) is 5.75 Å². The molecule has 1 fully saturated rings. The lowest BCUT2D eigenvalue weighted by Crippen LogP contribution is -2.60. The molecule has 1 aliphatic heterocycles. The van der Waals surface area contributed by atoms with Gasteiger partial charge in [0.15, 0.2) is 0 Å². The van der Waals surface area contributed by atoms with E-state index in [1.807, 2.05) is 19.1 Å². The average Bonchev–Trinajstić information content (AvgIpc) is 2.41. The van der Waals surface area contributed by atoms with E-state index in [1.54, 1.807) is 12.1 Å². The smallest absolute Gasteiger partial charge is 0.229 e. The molecule has 6 nitrogen and oxygen atoms in total. The fourth-order valence-corrected chi connectivity index (χ4v) is 1.98. The third kappa shape index (κ3) is 2.88. The molecule has 6 heteroatoms. The molecule has 1 aliphatic rings. The first kappa shape index (κ1) is 14.2. The second-order valence-corrected chi connectivity index (χ2v) is 4.58. The maximum atomic E-state index is 9.83. The van der Waals surface area contributed by atoms with Crippen molar-refractivity contribution in [1.82, 2.24) is 0 Å². The number of hydrogen-bond acceptors (Lipinski definition) is 6. The quantitative estimate of drug-likeness (QED) is 0.572. The molecule has 1 aromatic carbocycles. The standard InChI is InChI=1S/C13H18O6/c1-7-4-2-3-5-8(7)18-13-12(17)11(16)10(15)9(6-14)19-13/h2-5,9-17H,6H2,1H3/t9-,10+,11+,12-,13-/m0/s1. The fourth-order valence-electron chi connectivity index (χ4n) is 1.98. The molecule has 1 aromatic rings. The van der Waals surface area contributed by atoms with Crippen LogP contribution in [0, 0.1) is 6.92 Å². The minimum atomic E-state index is -1.43. The van der Waals surface area contributed by atoms with E-state index in [4.69, 9.17) is 14.6 Å². The normalized spacial score (nSPS) is 35.1. The Hall–Kier alpha value is -1.18. The van der Waals surface area contributed by atoms with Gasteiger partial charge in [0.1, 0.15) is 30.2 Å². The first-order chi connectivity index (χ1) is 9.04. The molecule has 0 radical (unpaired) electrons. The van der Waals surface area contributed by atoms with Gasteiger partial charge in [0.2, 0.25) is 6.29 Å². The van der Waals surface area contributed by atoms with E-state index < -0.39 is 37.3 Å².